The number of hydrogen-bond acceptors (Lipinski definition) is 6. The topological polar surface area (TPSA) is 119 Å². The summed E-state index contributed by atoms with van der Waals surface area (Å²) in [4.78, 5) is 31.2. The van der Waals surface area contributed by atoms with Gasteiger partial charge in [0, 0.05) is 29.3 Å². The Kier molecular flexibility index (Phi) is 4.23. The molecule has 0 bridgehead atoms. The Balaban J connectivity index is 2.06. The standard InChI is InChI=1S/C17H20N6O3/c1-9-6-14(24)20-16(18-9)23-13(8-12(21-23)17(3,4)5)19-15(25)11-7-10(2)26-22-11/h6-8H,1-5H3,(H,19,25)(H,18,20,24). The smallest absolute Gasteiger partial charge is 0.279 e. The van der Waals surface area contributed by atoms with Crippen LogP contribution in [0.5, 0.6) is 0 Å². The number of hydrogen-bond donors (Lipinski definition) is 2. The molecule has 26 heavy (non-hydrogen) atoms. The molecule has 0 unspecified atom stereocenters. The highest BCUT2D eigenvalue weighted by Crippen LogP contribution is 2.25. The van der Waals surface area contributed by atoms with Crippen LogP contribution in [-0.2, 0) is 5.41 Å². The van der Waals surface area contributed by atoms with Crippen molar-refractivity contribution in [2.45, 2.75) is 40.0 Å². The Hall–Kier alpha value is -3.23. The Morgan fingerprint density at radius 3 is 2.54 bits per heavy atom. The van der Waals surface area contributed by atoms with Crippen molar-refractivity contribution < 1.29 is 9.32 Å². The van der Waals surface area contributed by atoms with E-state index in [4.69, 9.17) is 4.52 Å². The lowest BCUT2D eigenvalue weighted by Gasteiger charge is -2.13. The maximum absolute atomic E-state index is 12.4. The molecule has 3 aromatic heterocycles. The van der Waals surface area contributed by atoms with Gasteiger partial charge in [0.25, 0.3) is 11.5 Å². The fourth-order valence-corrected chi connectivity index (χ4v) is 2.32. The molecule has 0 fully saturated rings. The first-order valence-electron chi connectivity index (χ1n) is 8.07. The van der Waals surface area contributed by atoms with Gasteiger partial charge in [0.05, 0.1) is 5.69 Å². The highest BCUT2D eigenvalue weighted by molar-refractivity contribution is 6.02. The van der Waals surface area contributed by atoms with Gasteiger partial charge in [0.15, 0.2) is 5.69 Å². The lowest BCUT2D eigenvalue weighted by molar-refractivity contribution is 0.101. The van der Waals surface area contributed by atoms with E-state index in [0.717, 1.165) is 5.69 Å². The van der Waals surface area contributed by atoms with E-state index in [1.54, 1.807) is 19.9 Å². The number of aromatic amines is 1. The first kappa shape index (κ1) is 17.6. The largest absolute Gasteiger partial charge is 0.361 e. The summed E-state index contributed by atoms with van der Waals surface area (Å²) >= 11 is 0. The van der Waals surface area contributed by atoms with Crippen LogP contribution >= 0.6 is 0 Å². The number of amides is 1. The van der Waals surface area contributed by atoms with Crippen LogP contribution in [0.2, 0.25) is 0 Å². The zero-order valence-electron chi connectivity index (χ0n) is 15.2. The van der Waals surface area contributed by atoms with Gasteiger partial charge >= 0.3 is 0 Å². The minimum absolute atomic E-state index is 0.151. The van der Waals surface area contributed by atoms with Gasteiger partial charge in [-0.1, -0.05) is 25.9 Å². The molecule has 0 aliphatic rings. The second-order valence-electron chi connectivity index (χ2n) is 7.06. The number of anilines is 1. The molecule has 0 saturated carbocycles. The molecule has 0 saturated heterocycles. The molecule has 3 aromatic rings. The van der Waals surface area contributed by atoms with Crippen LogP contribution in [-0.4, -0.2) is 30.8 Å². The molecular weight excluding hydrogens is 336 g/mol. The predicted molar refractivity (Wildman–Crippen MR) is 94.6 cm³/mol. The van der Waals surface area contributed by atoms with Crippen LogP contribution < -0.4 is 10.9 Å². The highest BCUT2D eigenvalue weighted by atomic mass is 16.5. The third kappa shape index (κ3) is 3.56. The SMILES string of the molecule is Cc1cc(=O)[nH]c(-n2nc(C(C)(C)C)cc2NC(=O)c2cc(C)on2)n1. The van der Waals surface area contributed by atoms with E-state index in [0.29, 0.717) is 17.3 Å². The number of nitrogens with zero attached hydrogens (tertiary/aromatic N) is 4. The maximum Gasteiger partial charge on any atom is 0.279 e. The number of aromatic nitrogens is 5. The van der Waals surface area contributed by atoms with Gasteiger partial charge in [-0.25, -0.2) is 4.98 Å². The van der Waals surface area contributed by atoms with Crippen molar-refractivity contribution in [1.29, 1.82) is 0 Å². The van der Waals surface area contributed by atoms with E-state index in [-0.39, 0.29) is 22.6 Å². The van der Waals surface area contributed by atoms with E-state index >= 15 is 0 Å². The Bertz CT molecular complexity index is 1020. The van der Waals surface area contributed by atoms with E-state index in [1.807, 2.05) is 20.8 Å². The third-order valence-corrected chi connectivity index (χ3v) is 3.64. The molecule has 2 N–H and O–H groups in total. The molecule has 0 spiro atoms. The third-order valence-electron chi connectivity index (χ3n) is 3.64. The molecule has 136 valence electrons. The molecule has 0 atom stereocenters. The lowest BCUT2D eigenvalue weighted by atomic mass is 9.92. The summed E-state index contributed by atoms with van der Waals surface area (Å²) in [6.45, 7) is 9.41. The molecule has 9 nitrogen and oxygen atoms in total. The Morgan fingerprint density at radius 1 is 1.23 bits per heavy atom. The molecular formula is C17H20N6O3. The van der Waals surface area contributed by atoms with Gasteiger partial charge < -0.3 is 9.84 Å². The van der Waals surface area contributed by atoms with E-state index < -0.39 is 5.91 Å². The number of carbonyl (C=O) groups excluding carboxylic acids is 1. The number of carbonyl (C=O) groups is 1. The summed E-state index contributed by atoms with van der Waals surface area (Å²) in [7, 11) is 0. The van der Waals surface area contributed by atoms with Crippen LogP contribution in [0.1, 0.15) is 48.4 Å². The molecule has 1 amide bonds. The van der Waals surface area contributed by atoms with Crippen molar-refractivity contribution >= 4 is 11.7 Å². The zero-order chi connectivity index (χ0) is 19.1. The molecule has 0 aliphatic carbocycles. The van der Waals surface area contributed by atoms with Crippen molar-refractivity contribution in [1.82, 2.24) is 24.9 Å². The second-order valence-corrected chi connectivity index (χ2v) is 7.06. The molecule has 9 heteroatoms. The molecule has 3 heterocycles. The second kappa shape index (κ2) is 6.25. The van der Waals surface area contributed by atoms with Gasteiger partial charge in [-0.15, -0.1) is 0 Å². The zero-order valence-corrected chi connectivity index (χ0v) is 15.2. The first-order valence-corrected chi connectivity index (χ1v) is 8.07. The van der Waals surface area contributed by atoms with Gasteiger partial charge in [-0.2, -0.15) is 9.78 Å². The van der Waals surface area contributed by atoms with Crippen LogP contribution in [0, 0.1) is 13.8 Å². The van der Waals surface area contributed by atoms with Gasteiger partial charge in [0.1, 0.15) is 11.6 Å². The predicted octanol–water partition coefficient (Wildman–Crippen LogP) is 2.11. The van der Waals surface area contributed by atoms with Crippen molar-refractivity contribution in [3.8, 4) is 5.95 Å². The van der Waals surface area contributed by atoms with Gasteiger partial charge in [0.2, 0.25) is 5.95 Å². The maximum atomic E-state index is 12.4. The Labute approximate surface area is 149 Å². The summed E-state index contributed by atoms with van der Waals surface area (Å²) in [6, 6.07) is 4.66. The van der Waals surface area contributed by atoms with Crippen molar-refractivity contribution in [2.75, 3.05) is 5.32 Å². The number of H-pyrrole nitrogens is 1. The summed E-state index contributed by atoms with van der Waals surface area (Å²) in [5.74, 6) is 0.675. The summed E-state index contributed by atoms with van der Waals surface area (Å²) in [5, 5.41) is 11.0. The molecule has 0 radical (unpaired) electrons. The average Bonchev–Trinajstić information content (AvgIpc) is 3.12. The summed E-state index contributed by atoms with van der Waals surface area (Å²) in [6.07, 6.45) is 0. The summed E-state index contributed by atoms with van der Waals surface area (Å²) in [5.41, 5.74) is 0.858. The number of rotatable bonds is 3. The van der Waals surface area contributed by atoms with Crippen LogP contribution in [0.3, 0.4) is 0 Å². The number of aryl methyl sites for hydroxylation is 2. The average molecular weight is 356 g/mol. The minimum atomic E-state index is -0.446. The minimum Gasteiger partial charge on any atom is -0.361 e. The van der Waals surface area contributed by atoms with Crippen molar-refractivity contribution in [3.63, 3.8) is 0 Å². The van der Waals surface area contributed by atoms with E-state index in [9.17, 15) is 9.59 Å². The summed E-state index contributed by atoms with van der Waals surface area (Å²) < 4.78 is 6.34. The van der Waals surface area contributed by atoms with Crippen LogP contribution in [0.15, 0.2) is 27.5 Å². The quantitative estimate of drug-likeness (QED) is 0.742. The van der Waals surface area contributed by atoms with Gasteiger partial charge in [-0.05, 0) is 13.8 Å². The Morgan fingerprint density at radius 2 is 1.96 bits per heavy atom. The molecule has 0 aromatic carbocycles. The lowest BCUT2D eigenvalue weighted by Crippen LogP contribution is -2.19. The fraction of sp³-hybridized carbons (Fsp3) is 0.353. The molecule has 3 rings (SSSR count). The monoisotopic (exact) mass is 356 g/mol. The van der Waals surface area contributed by atoms with E-state index in [2.05, 4.69) is 25.5 Å². The van der Waals surface area contributed by atoms with Crippen LogP contribution in [0.25, 0.3) is 5.95 Å². The number of nitrogens with one attached hydrogen (secondary N) is 2. The van der Waals surface area contributed by atoms with E-state index in [1.165, 1.54) is 16.8 Å². The fourth-order valence-electron chi connectivity index (χ4n) is 2.32. The molecule has 0 aliphatic heterocycles. The first-order chi connectivity index (χ1) is 12.1. The normalized spacial score (nSPS) is 11.6. The highest BCUT2D eigenvalue weighted by Gasteiger charge is 2.23. The van der Waals surface area contributed by atoms with Crippen molar-refractivity contribution in [2.24, 2.45) is 0 Å². The van der Waals surface area contributed by atoms with Gasteiger partial charge in [-0.3, -0.25) is 14.6 Å². The van der Waals surface area contributed by atoms with Crippen molar-refractivity contribution in [3.05, 3.63) is 51.4 Å². The van der Waals surface area contributed by atoms with Crippen LogP contribution in [0.4, 0.5) is 5.82 Å².